The number of thioether (sulfide) groups is 1. The highest BCUT2D eigenvalue weighted by Gasteiger charge is 2.19. The van der Waals surface area contributed by atoms with Gasteiger partial charge in [-0.2, -0.15) is 0 Å². The summed E-state index contributed by atoms with van der Waals surface area (Å²) >= 11 is 1.50. The van der Waals surface area contributed by atoms with E-state index in [4.69, 9.17) is 0 Å². The van der Waals surface area contributed by atoms with Crippen molar-refractivity contribution >= 4 is 23.4 Å². The van der Waals surface area contributed by atoms with Crippen LogP contribution in [0.25, 0.3) is 0 Å². The van der Waals surface area contributed by atoms with Gasteiger partial charge in [0.25, 0.3) is 0 Å². The first-order chi connectivity index (χ1) is 10.1. The van der Waals surface area contributed by atoms with E-state index in [1.165, 1.54) is 17.3 Å². The van der Waals surface area contributed by atoms with E-state index < -0.39 is 0 Å². The molecule has 0 saturated heterocycles. The molecule has 0 bridgehead atoms. The summed E-state index contributed by atoms with van der Waals surface area (Å²) in [5, 5.41) is 3.77. The van der Waals surface area contributed by atoms with Crippen molar-refractivity contribution in [2.75, 3.05) is 5.32 Å². The zero-order valence-electron chi connectivity index (χ0n) is 12.6. The quantitative estimate of drug-likeness (QED) is 0.841. The standard InChI is InChI=1S/C17H20N2OS/c1-4-15(21-16-10-5-6-11-18-16)17(20)19-14-9-7-8-12(2)13(14)3/h5-11,15H,4H2,1-3H3,(H,19,20). The number of aromatic nitrogens is 1. The Morgan fingerprint density at radius 1 is 1.24 bits per heavy atom. The molecule has 2 rings (SSSR count). The summed E-state index contributed by atoms with van der Waals surface area (Å²) in [5.74, 6) is 0.0295. The summed E-state index contributed by atoms with van der Waals surface area (Å²) in [5.41, 5.74) is 3.18. The van der Waals surface area contributed by atoms with Gasteiger partial charge in [-0.1, -0.05) is 36.9 Å². The van der Waals surface area contributed by atoms with Gasteiger partial charge in [0.1, 0.15) is 0 Å². The molecule has 1 atom stereocenters. The van der Waals surface area contributed by atoms with Gasteiger partial charge in [-0.15, -0.1) is 0 Å². The van der Waals surface area contributed by atoms with E-state index >= 15 is 0 Å². The van der Waals surface area contributed by atoms with Crippen molar-refractivity contribution in [2.45, 2.75) is 37.5 Å². The van der Waals surface area contributed by atoms with Crippen LogP contribution in [0.2, 0.25) is 0 Å². The van der Waals surface area contributed by atoms with Crippen molar-refractivity contribution in [3.05, 3.63) is 53.7 Å². The Labute approximate surface area is 130 Å². The smallest absolute Gasteiger partial charge is 0.237 e. The van der Waals surface area contributed by atoms with Gasteiger partial charge >= 0.3 is 0 Å². The average molecular weight is 300 g/mol. The lowest BCUT2D eigenvalue weighted by atomic mass is 10.1. The number of rotatable bonds is 5. The molecule has 0 saturated carbocycles. The molecular formula is C17H20N2OS. The SMILES string of the molecule is CCC(Sc1ccccn1)C(=O)Nc1cccc(C)c1C. The van der Waals surface area contributed by atoms with E-state index in [1.54, 1.807) is 6.20 Å². The third kappa shape index (κ3) is 4.08. The fourth-order valence-electron chi connectivity index (χ4n) is 1.98. The number of pyridine rings is 1. The molecule has 0 aliphatic rings. The van der Waals surface area contributed by atoms with E-state index in [0.717, 1.165) is 22.7 Å². The second-order valence-electron chi connectivity index (χ2n) is 4.92. The van der Waals surface area contributed by atoms with Crippen LogP contribution in [0.4, 0.5) is 5.69 Å². The van der Waals surface area contributed by atoms with Crippen LogP contribution in [0.3, 0.4) is 0 Å². The number of benzene rings is 1. The van der Waals surface area contributed by atoms with Crippen molar-refractivity contribution < 1.29 is 4.79 Å². The topological polar surface area (TPSA) is 42.0 Å². The Bertz CT molecular complexity index is 613. The zero-order chi connectivity index (χ0) is 15.2. The lowest BCUT2D eigenvalue weighted by Crippen LogP contribution is -2.25. The van der Waals surface area contributed by atoms with Crippen LogP contribution < -0.4 is 5.32 Å². The Morgan fingerprint density at radius 2 is 2.05 bits per heavy atom. The molecule has 4 heteroatoms. The van der Waals surface area contributed by atoms with Gasteiger partial charge in [0, 0.05) is 11.9 Å². The zero-order valence-corrected chi connectivity index (χ0v) is 13.4. The maximum absolute atomic E-state index is 12.5. The number of hydrogen-bond donors (Lipinski definition) is 1. The molecule has 1 unspecified atom stereocenters. The highest BCUT2D eigenvalue weighted by Crippen LogP contribution is 2.25. The van der Waals surface area contributed by atoms with Gasteiger partial charge in [-0.3, -0.25) is 4.79 Å². The predicted octanol–water partition coefficient (Wildman–Crippen LogP) is 4.21. The Kier molecular flexibility index (Phi) is 5.39. The van der Waals surface area contributed by atoms with Crippen molar-refractivity contribution in [2.24, 2.45) is 0 Å². The van der Waals surface area contributed by atoms with Gasteiger partial charge in [-0.05, 0) is 49.6 Å². The second-order valence-corrected chi connectivity index (χ2v) is 6.14. The van der Waals surface area contributed by atoms with Crippen molar-refractivity contribution in [3.63, 3.8) is 0 Å². The van der Waals surface area contributed by atoms with Gasteiger partial charge < -0.3 is 5.32 Å². The molecule has 1 heterocycles. The molecule has 1 amide bonds. The first-order valence-electron chi connectivity index (χ1n) is 7.06. The normalized spacial score (nSPS) is 12.0. The lowest BCUT2D eigenvalue weighted by Gasteiger charge is -2.16. The van der Waals surface area contributed by atoms with E-state index in [0.29, 0.717) is 0 Å². The third-order valence-corrected chi connectivity index (χ3v) is 4.74. The summed E-state index contributed by atoms with van der Waals surface area (Å²) in [6.07, 6.45) is 2.51. The summed E-state index contributed by atoms with van der Waals surface area (Å²) < 4.78 is 0. The molecular weight excluding hydrogens is 280 g/mol. The molecule has 0 fully saturated rings. The Balaban J connectivity index is 2.08. The van der Waals surface area contributed by atoms with Gasteiger partial charge in [0.05, 0.1) is 10.3 Å². The highest BCUT2D eigenvalue weighted by molar-refractivity contribution is 8.00. The molecule has 0 aliphatic heterocycles. The molecule has 0 aliphatic carbocycles. The summed E-state index contributed by atoms with van der Waals surface area (Å²) in [6.45, 7) is 6.09. The minimum Gasteiger partial charge on any atom is -0.325 e. The molecule has 1 N–H and O–H groups in total. The number of hydrogen-bond acceptors (Lipinski definition) is 3. The Hall–Kier alpha value is -1.81. The first kappa shape index (κ1) is 15.6. The fraction of sp³-hybridized carbons (Fsp3) is 0.294. The highest BCUT2D eigenvalue weighted by atomic mass is 32.2. The number of carbonyl (C=O) groups excluding carboxylic acids is 1. The first-order valence-corrected chi connectivity index (χ1v) is 7.94. The van der Waals surface area contributed by atoms with E-state index in [2.05, 4.69) is 10.3 Å². The number of nitrogens with zero attached hydrogens (tertiary/aromatic N) is 1. The van der Waals surface area contributed by atoms with E-state index in [9.17, 15) is 4.79 Å². The van der Waals surface area contributed by atoms with E-state index in [1.807, 2.05) is 57.2 Å². The third-order valence-electron chi connectivity index (χ3n) is 3.43. The molecule has 1 aromatic heterocycles. The molecule has 2 aromatic rings. The lowest BCUT2D eigenvalue weighted by molar-refractivity contribution is -0.115. The maximum Gasteiger partial charge on any atom is 0.237 e. The van der Waals surface area contributed by atoms with Crippen LogP contribution >= 0.6 is 11.8 Å². The summed E-state index contributed by atoms with van der Waals surface area (Å²) in [7, 11) is 0. The van der Waals surface area contributed by atoms with E-state index in [-0.39, 0.29) is 11.2 Å². The molecule has 1 aromatic carbocycles. The number of amides is 1. The summed E-state index contributed by atoms with van der Waals surface area (Å²) in [6, 6.07) is 11.7. The number of carbonyl (C=O) groups is 1. The summed E-state index contributed by atoms with van der Waals surface area (Å²) in [4.78, 5) is 16.7. The maximum atomic E-state index is 12.5. The van der Waals surface area contributed by atoms with Gasteiger partial charge in [0.2, 0.25) is 5.91 Å². The van der Waals surface area contributed by atoms with Crippen LogP contribution in [0.5, 0.6) is 0 Å². The average Bonchev–Trinajstić information content (AvgIpc) is 2.50. The molecule has 110 valence electrons. The van der Waals surface area contributed by atoms with Gasteiger partial charge in [-0.25, -0.2) is 4.98 Å². The number of anilines is 1. The Morgan fingerprint density at radius 3 is 2.71 bits per heavy atom. The minimum atomic E-state index is -0.139. The van der Waals surface area contributed by atoms with Crippen LogP contribution in [0.15, 0.2) is 47.6 Å². The number of aryl methyl sites for hydroxylation is 1. The van der Waals surface area contributed by atoms with Gasteiger partial charge in [0.15, 0.2) is 0 Å². The number of nitrogens with one attached hydrogen (secondary N) is 1. The molecule has 21 heavy (non-hydrogen) atoms. The molecule has 3 nitrogen and oxygen atoms in total. The van der Waals surface area contributed by atoms with Crippen LogP contribution in [0.1, 0.15) is 24.5 Å². The van der Waals surface area contributed by atoms with Crippen LogP contribution in [0, 0.1) is 13.8 Å². The largest absolute Gasteiger partial charge is 0.325 e. The van der Waals surface area contributed by atoms with Crippen molar-refractivity contribution in [1.82, 2.24) is 4.98 Å². The predicted molar refractivity (Wildman–Crippen MR) is 88.7 cm³/mol. The molecule has 0 radical (unpaired) electrons. The van der Waals surface area contributed by atoms with Crippen LogP contribution in [-0.2, 0) is 4.79 Å². The van der Waals surface area contributed by atoms with Crippen molar-refractivity contribution in [1.29, 1.82) is 0 Å². The van der Waals surface area contributed by atoms with Crippen LogP contribution in [-0.4, -0.2) is 16.1 Å². The second kappa shape index (κ2) is 7.27. The monoisotopic (exact) mass is 300 g/mol. The van der Waals surface area contributed by atoms with Crippen molar-refractivity contribution in [3.8, 4) is 0 Å². The molecule has 0 spiro atoms. The minimum absolute atomic E-state index is 0.0295. The fourth-order valence-corrected chi connectivity index (χ4v) is 2.89.